The number of halogens is 1. The summed E-state index contributed by atoms with van der Waals surface area (Å²) >= 11 is 5.80. The molecule has 0 heterocycles. The Hall–Kier alpha value is -2.00. The molecule has 0 saturated heterocycles. The van der Waals surface area contributed by atoms with Crippen LogP contribution >= 0.6 is 11.6 Å². The van der Waals surface area contributed by atoms with Crippen molar-refractivity contribution in [2.24, 2.45) is 0 Å². The number of carboxylic acid groups (broad SMARTS) is 1. The number of benzene rings is 2. The first kappa shape index (κ1) is 11.5. The second-order valence-corrected chi connectivity index (χ2v) is 3.96. The highest BCUT2D eigenvalue weighted by molar-refractivity contribution is 6.32. The number of rotatable bonds is 2. The summed E-state index contributed by atoms with van der Waals surface area (Å²) in [6, 6.07) is 11.3. The van der Waals surface area contributed by atoms with Crippen LogP contribution in [0.3, 0.4) is 0 Å². The van der Waals surface area contributed by atoms with Crippen molar-refractivity contribution in [3.63, 3.8) is 0 Å². The van der Waals surface area contributed by atoms with Gasteiger partial charge in [-0.3, -0.25) is 0 Å². The van der Waals surface area contributed by atoms with Crippen molar-refractivity contribution in [3.8, 4) is 16.9 Å². The molecule has 0 aromatic heterocycles. The molecule has 0 aliphatic rings. The molecule has 0 aliphatic heterocycles. The van der Waals surface area contributed by atoms with Gasteiger partial charge in [-0.2, -0.15) is 0 Å². The normalized spacial score (nSPS) is 10.2. The Morgan fingerprint density at radius 2 is 1.59 bits per heavy atom. The molecule has 2 N–H and O–H groups in total. The highest BCUT2D eigenvalue weighted by Gasteiger charge is 2.05. The smallest absolute Gasteiger partial charge is 0.335 e. The summed E-state index contributed by atoms with van der Waals surface area (Å²) in [4.78, 5) is 10.7. The Balaban J connectivity index is 2.39. The molecule has 2 aromatic carbocycles. The Morgan fingerprint density at radius 3 is 2.12 bits per heavy atom. The summed E-state index contributed by atoms with van der Waals surface area (Å²) in [7, 11) is 0. The Bertz CT molecular complexity index is 561. The van der Waals surface area contributed by atoms with Crippen molar-refractivity contribution in [2.75, 3.05) is 0 Å². The van der Waals surface area contributed by atoms with E-state index >= 15 is 0 Å². The van der Waals surface area contributed by atoms with Crippen LogP contribution in [0.2, 0.25) is 5.02 Å². The topological polar surface area (TPSA) is 57.5 Å². The molecule has 86 valence electrons. The van der Waals surface area contributed by atoms with E-state index in [-0.39, 0.29) is 16.3 Å². The Labute approximate surface area is 103 Å². The fraction of sp³-hybridized carbons (Fsp3) is 0. The summed E-state index contributed by atoms with van der Waals surface area (Å²) in [5, 5.41) is 18.3. The van der Waals surface area contributed by atoms with Crippen molar-refractivity contribution in [2.45, 2.75) is 0 Å². The first-order chi connectivity index (χ1) is 8.08. The molecule has 0 fully saturated rings. The lowest BCUT2D eigenvalue weighted by Gasteiger charge is -2.04. The molecule has 0 radical (unpaired) electrons. The molecule has 17 heavy (non-hydrogen) atoms. The van der Waals surface area contributed by atoms with Gasteiger partial charge in [-0.25, -0.2) is 4.79 Å². The molecule has 0 amide bonds. The van der Waals surface area contributed by atoms with Crippen LogP contribution in [0.15, 0.2) is 42.5 Å². The van der Waals surface area contributed by atoms with Gasteiger partial charge in [0.1, 0.15) is 5.75 Å². The van der Waals surface area contributed by atoms with E-state index in [0.717, 1.165) is 11.1 Å². The van der Waals surface area contributed by atoms with Gasteiger partial charge < -0.3 is 10.2 Å². The maximum absolute atomic E-state index is 10.7. The standard InChI is InChI=1S/C13H9ClO3/c14-11-7-10(5-6-12(11)15)8-1-3-9(4-2-8)13(16)17/h1-7,15H,(H,16,17). The first-order valence-electron chi connectivity index (χ1n) is 4.90. The van der Waals surface area contributed by atoms with Gasteiger partial charge in [-0.15, -0.1) is 0 Å². The van der Waals surface area contributed by atoms with E-state index in [1.54, 1.807) is 24.3 Å². The zero-order chi connectivity index (χ0) is 12.4. The van der Waals surface area contributed by atoms with Crippen molar-refractivity contribution >= 4 is 17.6 Å². The summed E-state index contributed by atoms with van der Waals surface area (Å²) in [6.07, 6.45) is 0. The molecule has 2 rings (SSSR count). The number of hydrogen-bond acceptors (Lipinski definition) is 2. The van der Waals surface area contributed by atoms with Crippen molar-refractivity contribution in [3.05, 3.63) is 53.1 Å². The minimum atomic E-state index is -0.958. The van der Waals surface area contributed by atoms with Crippen LogP contribution in [-0.2, 0) is 0 Å². The second-order valence-electron chi connectivity index (χ2n) is 3.55. The van der Waals surface area contributed by atoms with Crippen LogP contribution < -0.4 is 0 Å². The molecule has 0 unspecified atom stereocenters. The summed E-state index contributed by atoms with van der Waals surface area (Å²) in [5.41, 5.74) is 1.90. The Morgan fingerprint density at radius 1 is 1.00 bits per heavy atom. The lowest BCUT2D eigenvalue weighted by Crippen LogP contribution is -1.94. The minimum Gasteiger partial charge on any atom is -0.506 e. The zero-order valence-electron chi connectivity index (χ0n) is 8.72. The van der Waals surface area contributed by atoms with Crippen LogP contribution in [0.5, 0.6) is 5.75 Å². The molecule has 4 heteroatoms. The number of aromatic hydroxyl groups is 1. The average Bonchev–Trinajstić information content (AvgIpc) is 2.33. The van der Waals surface area contributed by atoms with E-state index in [2.05, 4.69) is 0 Å². The molecule has 3 nitrogen and oxygen atoms in total. The molecule has 0 saturated carbocycles. The van der Waals surface area contributed by atoms with Crippen molar-refractivity contribution in [1.29, 1.82) is 0 Å². The van der Waals surface area contributed by atoms with Crippen molar-refractivity contribution in [1.82, 2.24) is 0 Å². The fourth-order valence-electron chi connectivity index (χ4n) is 1.49. The number of aromatic carboxylic acids is 1. The minimum absolute atomic E-state index is 0.0255. The molecule has 2 aromatic rings. The van der Waals surface area contributed by atoms with Gasteiger partial charge in [-0.1, -0.05) is 29.8 Å². The monoisotopic (exact) mass is 248 g/mol. The zero-order valence-corrected chi connectivity index (χ0v) is 9.48. The van der Waals surface area contributed by atoms with Crippen LogP contribution in [0.1, 0.15) is 10.4 Å². The van der Waals surface area contributed by atoms with Gasteiger partial charge in [0.15, 0.2) is 0 Å². The largest absolute Gasteiger partial charge is 0.506 e. The van der Waals surface area contributed by atoms with Crippen LogP contribution in [-0.4, -0.2) is 16.2 Å². The predicted octanol–water partition coefficient (Wildman–Crippen LogP) is 3.41. The van der Waals surface area contributed by atoms with Gasteiger partial charge in [0.05, 0.1) is 10.6 Å². The van der Waals surface area contributed by atoms with E-state index < -0.39 is 5.97 Å². The first-order valence-corrected chi connectivity index (χ1v) is 5.28. The molecule has 0 spiro atoms. The predicted molar refractivity (Wildman–Crippen MR) is 65.5 cm³/mol. The van der Waals surface area contributed by atoms with Gasteiger partial charge in [0.25, 0.3) is 0 Å². The van der Waals surface area contributed by atoms with Crippen molar-refractivity contribution < 1.29 is 15.0 Å². The highest BCUT2D eigenvalue weighted by atomic mass is 35.5. The quantitative estimate of drug-likeness (QED) is 0.856. The van der Waals surface area contributed by atoms with Gasteiger partial charge in [-0.05, 0) is 35.4 Å². The van der Waals surface area contributed by atoms with Gasteiger partial charge in [0, 0.05) is 0 Å². The molecular formula is C13H9ClO3. The lowest BCUT2D eigenvalue weighted by molar-refractivity contribution is 0.0697. The van der Waals surface area contributed by atoms with Crippen LogP contribution in [0, 0.1) is 0 Å². The third-order valence-corrected chi connectivity index (χ3v) is 2.72. The number of phenolic OH excluding ortho intramolecular Hbond substituents is 1. The highest BCUT2D eigenvalue weighted by Crippen LogP contribution is 2.29. The van der Waals surface area contributed by atoms with Gasteiger partial charge >= 0.3 is 5.97 Å². The maximum atomic E-state index is 10.7. The SMILES string of the molecule is O=C(O)c1ccc(-c2ccc(O)c(Cl)c2)cc1. The maximum Gasteiger partial charge on any atom is 0.335 e. The van der Waals surface area contributed by atoms with E-state index in [4.69, 9.17) is 16.7 Å². The number of carboxylic acids is 1. The van der Waals surface area contributed by atoms with Gasteiger partial charge in [0.2, 0.25) is 0 Å². The number of hydrogen-bond donors (Lipinski definition) is 2. The third kappa shape index (κ3) is 2.40. The summed E-state index contributed by atoms with van der Waals surface area (Å²) < 4.78 is 0. The second kappa shape index (κ2) is 4.47. The van der Waals surface area contributed by atoms with E-state index in [9.17, 15) is 9.90 Å². The van der Waals surface area contributed by atoms with E-state index in [0.29, 0.717) is 0 Å². The number of carbonyl (C=O) groups is 1. The average molecular weight is 249 g/mol. The Kier molecular flexibility index (Phi) is 3.02. The third-order valence-electron chi connectivity index (χ3n) is 2.41. The molecular weight excluding hydrogens is 240 g/mol. The van der Waals surface area contributed by atoms with Crippen LogP contribution in [0.25, 0.3) is 11.1 Å². The molecule has 0 atom stereocenters. The molecule has 0 bridgehead atoms. The van der Waals surface area contributed by atoms with E-state index in [1.165, 1.54) is 18.2 Å². The fourth-order valence-corrected chi connectivity index (χ4v) is 1.67. The number of phenols is 1. The summed E-state index contributed by atoms with van der Waals surface area (Å²) in [5.74, 6) is -0.933. The molecule has 0 aliphatic carbocycles. The van der Waals surface area contributed by atoms with Crippen LogP contribution in [0.4, 0.5) is 0 Å². The summed E-state index contributed by atoms with van der Waals surface area (Å²) in [6.45, 7) is 0. The lowest BCUT2D eigenvalue weighted by atomic mass is 10.0. The van der Waals surface area contributed by atoms with E-state index in [1.807, 2.05) is 0 Å².